The Kier molecular flexibility index (Phi) is 5.72. The zero-order chi connectivity index (χ0) is 16.0. The molecule has 1 aromatic carbocycles. The lowest BCUT2D eigenvalue weighted by Crippen LogP contribution is -2.32. The normalized spacial score (nSPS) is 12.6. The summed E-state index contributed by atoms with van der Waals surface area (Å²) in [7, 11) is 0. The Labute approximate surface area is 123 Å². The van der Waals surface area contributed by atoms with E-state index in [1.165, 1.54) is 0 Å². The molecule has 0 amide bonds. The summed E-state index contributed by atoms with van der Waals surface area (Å²) in [6.07, 6.45) is -0.523. The highest BCUT2D eigenvalue weighted by molar-refractivity contribution is 5.73. The number of carboxylic acid groups (broad SMARTS) is 1. The van der Waals surface area contributed by atoms with E-state index in [9.17, 15) is 9.59 Å². The number of rotatable bonds is 5. The van der Waals surface area contributed by atoms with E-state index >= 15 is 0 Å². The van der Waals surface area contributed by atoms with Gasteiger partial charge in [-0.3, -0.25) is 4.79 Å². The Morgan fingerprint density at radius 2 is 1.90 bits per heavy atom. The van der Waals surface area contributed by atoms with Crippen molar-refractivity contribution in [1.82, 2.24) is 0 Å². The minimum Gasteiger partial charge on any atom is -0.480 e. The van der Waals surface area contributed by atoms with Crippen molar-refractivity contribution in [3.63, 3.8) is 0 Å². The average molecular weight is 295 g/mol. The lowest BCUT2D eigenvalue weighted by atomic mass is 10.0. The van der Waals surface area contributed by atoms with Crippen molar-refractivity contribution in [2.24, 2.45) is 5.73 Å². The summed E-state index contributed by atoms with van der Waals surface area (Å²) in [5.41, 5.74) is 6.40. The smallest absolute Gasteiger partial charge is 0.480 e. The van der Waals surface area contributed by atoms with Gasteiger partial charge in [-0.25, -0.2) is 4.79 Å². The number of carbonyl (C=O) groups excluding carboxylic acids is 1. The topological polar surface area (TPSA) is 98.9 Å². The SMILES string of the molecule is CC(C)(C)OC(=O)OCc1cccc(C[C@@H](N)C(=O)O)c1. The molecule has 0 aliphatic heterocycles. The summed E-state index contributed by atoms with van der Waals surface area (Å²) in [6.45, 7) is 5.32. The van der Waals surface area contributed by atoms with Crippen LogP contribution < -0.4 is 5.73 Å². The minimum absolute atomic E-state index is 0.0606. The zero-order valence-corrected chi connectivity index (χ0v) is 12.5. The Morgan fingerprint density at radius 3 is 2.48 bits per heavy atom. The standard InChI is InChI=1S/C15H21NO5/c1-15(2,3)21-14(19)20-9-11-6-4-5-10(7-11)8-12(16)13(17)18/h4-7,12H,8-9,16H2,1-3H3,(H,17,18)/t12-/m1/s1. The maximum absolute atomic E-state index is 11.4. The van der Waals surface area contributed by atoms with Crippen LogP contribution in [0.4, 0.5) is 4.79 Å². The third kappa shape index (κ3) is 6.76. The maximum atomic E-state index is 11.4. The zero-order valence-electron chi connectivity index (χ0n) is 12.5. The fourth-order valence-electron chi connectivity index (χ4n) is 1.61. The first-order chi connectivity index (χ1) is 9.67. The van der Waals surface area contributed by atoms with Gasteiger partial charge in [0.2, 0.25) is 0 Å². The Bertz CT molecular complexity index is 507. The molecule has 0 aromatic heterocycles. The van der Waals surface area contributed by atoms with Gasteiger partial charge < -0.3 is 20.3 Å². The molecule has 6 nitrogen and oxygen atoms in total. The van der Waals surface area contributed by atoms with Crippen LogP contribution in [0.5, 0.6) is 0 Å². The van der Waals surface area contributed by atoms with E-state index in [1.807, 2.05) is 0 Å². The second-order valence-corrected chi connectivity index (χ2v) is 5.72. The fourth-order valence-corrected chi connectivity index (χ4v) is 1.61. The molecule has 0 aliphatic carbocycles. The molecular formula is C15H21NO5. The quantitative estimate of drug-likeness (QED) is 0.807. The average Bonchev–Trinajstić information content (AvgIpc) is 2.34. The first-order valence-electron chi connectivity index (χ1n) is 6.59. The third-order valence-corrected chi connectivity index (χ3v) is 2.51. The van der Waals surface area contributed by atoms with Crippen molar-refractivity contribution in [2.45, 2.75) is 45.4 Å². The van der Waals surface area contributed by atoms with E-state index < -0.39 is 23.8 Å². The second kappa shape index (κ2) is 7.08. The number of nitrogens with two attached hydrogens (primary N) is 1. The number of hydrogen-bond acceptors (Lipinski definition) is 5. The summed E-state index contributed by atoms with van der Waals surface area (Å²) in [5.74, 6) is -1.05. The first-order valence-corrected chi connectivity index (χ1v) is 6.59. The highest BCUT2D eigenvalue weighted by Crippen LogP contribution is 2.12. The van der Waals surface area contributed by atoms with Crippen molar-refractivity contribution < 1.29 is 24.2 Å². The predicted octanol–water partition coefficient (Wildman–Crippen LogP) is 2.09. The van der Waals surface area contributed by atoms with Crippen LogP contribution in [0.25, 0.3) is 0 Å². The van der Waals surface area contributed by atoms with Gasteiger partial charge in [-0.2, -0.15) is 0 Å². The van der Waals surface area contributed by atoms with Crippen LogP contribution in [-0.2, 0) is 27.3 Å². The Morgan fingerprint density at radius 1 is 1.29 bits per heavy atom. The largest absolute Gasteiger partial charge is 0.509 e. The van der Waals surface area contributed by atoms with Gasteiger partial charge in [0.15, 0.2) is 0 Å². The molecule has 1 aromatic rings. The van der Waals surface area contributed by atoms with Gasteiger partial charge in [-0.05, 0) is 38.3 Å². The van der Waals surface area contributed by atoms with Crippen LogP contribution in [0, 0.1) is 0 Å². The summed E-state index contributed by atoms with van der Waals surface area (Å²) >= 11 is 0. The van der Waals surface area contributed by atoms with Crippen molar-refractivity contribution >= 4 is 12.1 Å². The lowest BCUT2D eigenvalue weighted by Gasteiger charge is -2.18. The molecule has 0 unspecified atom stereocenters. The number of carbonyl (C=O) groups is 2. The van der Waals surface area contributed by atoms with Crippen LogP contribution in [0.2, 0.25) is 0 Å². The van der Waals surface area contributed by atoms with Crippen molar-refractivity contribution in [1.29, 1.82) is 0 Å². The number of ether oxygens (including phenoxy) is 2. The van der Waals surface area contributed by atoms with Crippen molar-refractivity contribution in [3.8, 4) is 0 Å². The van der Waals surface area contributed by atoms with Crippen LogP contribution in [-0.4, -0.2) is 28.9 Å². The Hall–Kier alpha value is -2.08. The van der Waals surface area contributed by atoms with E-state index in [4.69, 9.17) is 20.3 Å². The predicted molar refractivity (Wildman–Crippen MR) is 76.8 cm³/mol. The highest BCUT2D eigenvalue weighted by atomic mass is 16.7. The maximum Gasteiger partial charge on any atom is 0.509 e. The molecule has 116 valence electrons. The molecule has 3 N–H and O–H groups in total. The summed E-state index contributed by atoms with van der Waals surface area (Å²) in [4.78, 5) is 22.2. The molecule has 1 atom stereocenters. The summed E-state index contributed by atoms with van der Waals surface area (Å²) in [5, 5.41) is 8.79. The molecule has 0 saturated heterocycles. The number of benzene rings is 1. The number of carboxylic acids is 1. The van der Waals surface area contributed by atoms with Crippen LogP contribution in [0.3, 0.4) is 0 Å². The van der Waals surface area contributed by atoms with E-state index in [0.717, 1.165) is 11.1 Å². The van der Waals surface area contributed by atoms with Gasteiger partial charge >= 0.3 is 12.1 Å². The van der Waals surface area contributed by atoms with Gasteiger partial charge in [-0.15, -0.1) is 0 Å². The summed E-state index contributed by atoms with van der Waals surface area (Å²) < 4.78 is 10.0. The molecule has 21 heavy (non-hydrogen) atoms. The van der Waals surface area contributed by atoms with Crippen LogP contribution in [0.1, 0.15) is 31.9 Å². The monoisotopic (exact) mass is 295 g/mol. The molecule has 0 bridgehead atoms. The van der Waals surface area contributed by atoms with E-state index in [0.29, 0.717) is 0 Å². The van der Waals surface area contributed by atoms with Crippen LogP contribution in [0.15, 0.2) is 24.3 Å². The van der Waals surface area contributed by atoms with E-state index in [2.05, 4.69) is 0 Å². The number of hydrogen-bond donors (Lipinski definition) is 2. The molecule has 1 rings (SSSR count). The third-order valence-electron chi connectivity index (χ3n) is 2.51. The molecule has 0 radical (unpaired) electrons. The minimum atomic E-state index is -1.05. The summed E-state index contributed by atoms with van der Waals surface area (Å²) in [6, 6.07) is 6.12. The van der Waals surface area contributed by atoms with Crippen molar-refractivity contribution in [3.05, 3.63) is 35.4 Å². The number of aliphatic carboxylic acids is 1. The van der Waals surface area contributed by atoms with Gasteiger partial charge in [-0.1, -0.05) is 24.3 Å². The Balaban J connectivity index is 2.57. The molecule has 0 spiro atoms. The van der Waals surface area contributed by atoms with Crippen LogP contribution >= 0.6 is 0 Å². The lowest BCUT2D eigenvalue weighted by molar-refractivity contribution is -0.138. The molecule has 0 fully saturated rings. The van der Waals surface area contributed by atoms with Crippen molar-refractivity contribution in [2.75, 3.05) is 0 Å². The van der Waals surface area contributed by atoms with Gasteiger partial charge in [0.05, 0.1) is 0 Å². The van der Waals surface area contributed by atoms with E-state index in [1.54, 1.807) is 45.0 Å². The van der Waals surface area contributed by atoms with Gasteiger partial charge in [0.25, 0.3) is 0 Å². The molecule has 0 aliphatic rings. The molecule has 6 heteroatoms. The highest BCUT2D eigenvalue weighted by Gasteiger charge is 2.17. The van der Waals surface area contributed by atoms with E-state index in [-0.39, 0.29) is 13.0 Å². The van der Waals surface area contributed by atoms with Gasteiger partial charge in [0, 0.05) is 0 Å². The van der Waals surface area contributed by atoms with Gasteiger partial charge in [0.1, 0.15) is 18.2 Å². The first kappa shape index (κ1) is 17.0. The molecule has 0 saturated carbocycles. The second-order valence-electron chi connectivity index (χ2n) is 5.72. The molecular weight excluding hydrogens is 274 g/mol. The fraction of sp³-hybridized carbons (Fsp3) is 0.467. The molecule has 0 heterocycles.